The highest BCUT2D eigenvalue weighted by molar-refractivity contribution is 8.10. The number of hydrogen-bond donors (Lipinski definition) is 0. The summed E-state index contributed by atoms with van der Waals surface area (Å²) >= 11 is 5.68. The Morgan fingerprint density at radius 3 is 2.14 bits per heavy atom. The van der Waals surface area contributed by atoms with E-state index < -0.39 is 38.7 Å². The predicted molar refractivity (Wildman–Crippen MR) is 145 cm³/mol. The van der Waals surface area contributed by atoms with Crippen molar-refractivity contribution in [1.82, 2.24) is 0 Å². The zero-order valence-corrected chi connectivity index (χ0v) is 23.2. The quantitative estimate of drug-likeness (QED) is 0.258. The maximum Gasteiger partial charge on any atom is 0.310 e. The topological polar surface area (TPSA) is 0 Å². The summed E-state index contributed by atoms with van der Waals surface area (Å²) in [6.45, 7) is 7.34. The molecule has 36 heavy (non-hydrogen) atoms. The molecule has 0 nitrogen and oxygen atoms in total. The van der Waals surface area contributed by atoms with E-state index in [1.807, 2.05) is 37.6 Å². The van der Waals surface area contributed by atoms with Crippen LogP contribution in [0.5, 0.6) is 0 Å². The zero-order valence-electron chi connectivity index (χ0n) is 19.9. The van der Waals surface area contributed by atoms with E-state index in [0.29, 0.717) is 18.5 Å². The molecule has 0 saturated heterocycles. The third-order valence-corrected chi connectivity index (χ3v) is 11.3. The standard InChI is InChI=1S/C25H21F5S4.CH3F/c1-5-7-15(31-4)17-10-13-19-20(25(29,30)21(26)24(19,27)28)14-11-18(16-8-6-9-32-16)34-23(14,3)12-22(13,2)33-17;1-2/h5-11,21H,1,12H2,2-4H3;1H3/b15-7-;. The molecule has 5 rings (SSSR count). The first-order valence-corrected chi connectivity index (χ1v) is 14.6. The molecule has 3 heterocycles. The van der Waals surface area contributed by atoms with Crippen molar-refractivity contribution >= 4 is 51.5 Å². The van der Waals surface area contributed by atoms with Crippen LogP contribution in [0.4, 0.5) is 26.3 Å². The fourth-order valence-corrected chi connectivity index (χ4v) is 10.1. The molecule has 2 aliphatic heterocycles. The van der Waals surface area contributed by atoms with Crippen LogP contribution < -0.4 is 0 Å². The molecule has 4 aliphatic rings. The highest BCUT2D eigenvalue weighted by Gasteiger charge is 2.72. The van der Waals surface area contributed by atoms with E-state index >= 15 is 17.6 Å². The number of halogens is 6. The summed E-state index contributed by atoms with van der Waals surface area (Å²) in [5.41, 5.74) is -1.45. The normalized spacial score (nSPS) is 32.2. The first-order chi connectivity index (χ1) is 16.9. The van der Waals surface area contributed by atoms with Crippen molar-refractivity contribution in [3.8, 4) is 0 Å². The Morgan fingerprint density at radius 1 is 1.03 bits per heavy atom. The summed E-state index contributed by atoms with van der Waals surface area (Å²) in [5, 5.41) is 1.88. The molecule has 10 heteroatoms. The largest absolute Gasteiger partial charge is 0.310 e. The van der Waals surface area contributed by atoms with E-state index in [2.05, 4.69) is 6.58 Å². The van der Waals surface area contributed by atoms with E-state index in [1.54, 1.807) is 24.3 Å². The molecule has 0 bridgehead atoms. The molecule has 1 aromatic heterocycles. The number of fused-ring (bicyclic) bond motifs is 3. The Morgan fingerprint density at radius 2 is 1.61 bits per heavy atom. The van der Waals surface area contributed by atoms with E-state index in [1.165, 1.54) is 46.6 Å². The van der Waals surface area contributed by atoms with Crippen molar-refractivity contribution < 1.29 is 26.3 Å². The lowest BCUT2D eigenvalue weighted by molar-refractivity contribution is -0.114. The summed E-state index contributed by atoms with van der Waals surface area (Å²) < 4.78 is 84.2. The lowest BCUT2D eigenvalue weighted by Gasteiger charge is -2.35. The second kappa shape index (κ2) is 9.50. The maximum atomic E-state index is 15.4. The molecule has 2 aliphatic carbocycles. The number of thioether (sulfide) groups is 3. The Labute approximate surface area is 223 Å². The van der Waals surface area contributed by atoms with Gasteiger partial charge in [-0.2, -0.15) is 17.6 Å². The predicted octanol–water partition coefficient (Wildman–Crippen LogP) is 9.62. The highest BCUT2D eigenvalue weighted by atomic mass is 32.2. The van der Waals surface area contributed by atoms with E-state index in [-0.39, 0.29) is 11.1 Å². The SMILES string of the molecule is C=C/C=C(\SC)C1=CC2=C3C(=C4C=C(c5cccs5)SC4(C)CC2(C)S1)C(F)(F)C(F)C3(F)F.CF. The van der Waals surface area contributed by atoms with Gasteiger partial charge in [-0.05, 0) is 67.3 Å². The Balaban J connectivity index is 0.00000148. The molecule has 3 unspecified atom stereocenters. The van der Waals surface area contributed by atoms with Gasteiger partial charge >= 0.3 is 11.8 Å². The van der Waals surface area contributed by atoms with Gasteiger partial charge in [0.1, 0.15) is 0 Å². The molecule has 1 aromatic rings. The van der Waals surface area contributed by atoms with Gasteiger partial charge in [0.15, 0.2) is 0 Å². The fraction of sp³-hybridized carbons (Fsp3) is 0.385. The Kier molecular flexibility index (Phi) is 7.34. The third kappa shape index (κ3) is 4.01. The second-order valence-electron chi connectivity index (χ2n) is 8.99. The fourth-order valence-electron chi connectivity index (χ4n) is 5.26. The van der Waals surface area contributed by atoms with Crippen molar-refractivity contribution in [2.24, 2.45) is 0 Å². The number of hydrogen-bond acceptors (Lipinski definition) is 4. The minimum absolute atomic E-state index is 0.103. The first kappa shape index (κ1) is 27.8. The first-order valence-electron chi connectivity index (χ1n) is 10.9. The van der Waals surface area contributed by atoms with Gasteiger partial charge in [0.25, 0.3) is 0 Å². The second-order valence-corrected chi connectivity index (χ2v) is 13.9. The van der Waals surface area contributed by atoms with Gasteiger partial charge in [0, 0.05) is 40.2 Å². The van der Waals surface area contributed by atoms with Crippen LogP contribution in [-0.2, 0) is 0 Å². The minimum Gasteiger partial charge on any atom is -0.255 e. The van der Waals surface area contributed by atoms with Gasteiger partial charge in [-0.25, -0.2) is 4.39 Å². The van der Waals surface area contributed by atoms with Crippen LogP contribution >= 0.6 is 46.6 Å². The van der Waals surface area contributed by atoms with E-state index in [4.69, 9.17) is 0 Å². The summed E-state index contributed by atoms with van der Waals surface area (Å²) in [6.07, 6.45) is 5.12. The van der Waals surface area contributed by atoms with Crippen LogP contribution in [-0.4, -0.2) is 40.9 Å². The monoisotopic (exact) mass is 578 g/mol. The summed E-state index contributed by atoms with van der Waals surface area (Å²) in [7, 11) is 0.500. The zero-order chi connectivity index (χ0) is 26.7. The Hall–Kier alpha value is -1.23. The molecule has 194 valence electrons. The number of allylic oxidation sites excluding steroid dienone is 6. The van der Waals surface area contributed by atoms with Crippen LogP contribution in [0.15, 0.2) is 80.5 Å². The summed E-state index contributed by atoms with van der Waals surface area (Å²) in [6, 6.07) is 3.73. The molecule has 1 fully saturated rings. The average molecular weight is 579 g/mol. The van der Waals surface area contributed by atoms with Crippen molar-refractivity contribution in [2.45, 2.75) is 47.8 Å². The van der Waals surface area contributed by atoms with Crippen LogP contribution in [0.25, 0.3) is 4.91 Å². The molecule has 0 aromatic carbocycles. The lowest BCUT2D eigenvalue weighted by Crippen LogP contribution is -2.38. The van der Waals surface area contributed by atoms with Crippen LogP contribution in [0, 0.1) is 0 Å². The number of rotatable bonds is 4. The molecule has 0 spiro atoms. The third-order valence-electron chi connectivity index (χ3n) is 6.62. The number of thiophene rings is 1. The number of alkyl halides is 6. The van der Waals surface area contributed by atoms with Gasteiger partial charge < -0.3 is 0 Å². The molecule has 0 radical (unpaired) electrons. The molecule has 1 saturated carbocycles. The van der Waals surface area contributed by atoms with Crippen molar-refractivity contribution in [2.75, 3.05) is 13.4 Å². The van der Waals surface area contributed by atoms with Gasteiger partial charge in [-0.3, -0.25) is 4.39 Å². The van der Waals surface area contributed by atoms with E-state index in [9.17, 15) is 8.78 Å². The summed E-state index contributed by atoms with van der Waals surface area (Å²) in [4.78, 5) is 3.14. The molecule has 3 atom stereocenters. The molecular formula is C26H24F6S4. The van der Waals surface area contributed by atoms with Gasteiger partial charge in [-0.1, -0.05) is 18.7 Å². The minimum atomic E-state index is -4.30. The van der Waals surface area contributed by atoms with Crippen molar-refractivity contribution in [3.63, 3.8) is 0 Å². The molecular weight excluding hydrogens is 555 g/mol. The van der Waals surface area contributed by atoms with Crippen LogP contribution in [0.2, 0.25) is 0 Å². The molecule has 0 N–H and O–H groups in total. The Bertz CT molecular complexity index is 1240. The average Bonchev–Trinajstić information content (AvgIpc) is 3.55. The van der Waals surface area contributed by atoms with Crippen LogP contribution in [0.1, 0.15) is 25.1 Å². The van der Waals surface area contributed by atoms with Crippen LogP contribution in [0.3, 0.4) is 0 Å². The van der Waals surface area contributed by atoms with Crippen molar-refractivity contribution in [3.05, 3.63) is 85.4 Å². The van der Waals surface area contributed by atoms with Gasteiger partial charge in [0.05, 0.1) is 7.18 Å². The summed E-state index contributed by atoms with van der Waals surface area (Å²) in [5.74, 6) is -8.60. The van der Waals surface area contributed by atoms with E-state index in [0.717, 1.165) is 14.7 Å². The highest BCUT2D eigenvalue weighted by Crippen LogP contribution is 2.69. The lowest BCUT2D eigenvalue weighted by atomic mass is 9.86. The van der Waals surface area contributed by atoms with Gasteiger partial charge in [0.2, 0.25) is 6.17 Å². The van der Waals surface area contributed by atoms with Crippen molar-refractivity contribution in [1.29, 1.82) is 0 Å². The smallest absolute Gasteiger partial charge is 0.255 e. The molecule has 0 amide bonds. The van der Waals surface area contributed by atoms with Gasteiger partial charge in [-0.15, -0.1) is 46.6 Å². The maximum absolute atomic E-state index is 15.4.